The second kappa shape index (κ2) is 5.63. The number of hydrogen-bond acceptors (Lipinski definition) is 7. The summed E-state index contributed by atoms with van der Waals surface area (Å²) in [6.45, 7) is 8.03. The third-order valence-electron chi connectivity index (χ3n) is 4.07. The third kappa shape index (κ3) is 3.18. The van der Waals surface area contributed by atoms with E-state index in [4.69, 9.17) is 0 Å². The average molecular weight is 292 g/mol. The number of β-amino-alcohol motifs (C(OH)–C–C–N with tert-alkyl or cyclic N) is 1. The Bertz CT molecular complexity index is 500. The summed E-state index contributed by atoms with van der Waals surface area (Å²) in [6.07, 6.45) is 3.13. The molecule has 2 fully saturated rings. The van der Waals surface area contributed by atoms with Gasteiger partial charge in [0.15, 0.2) is 0 Å². The lowest BCUT2D eigenvalue weighted by molar-refractivity contribution is 0.0838. The summed E-state index contributed by atoms with van der Waals surface area (Å²) >= 11 is 0. The number of anilines is 3. The molecule has 3 heterocycles. The Morgan fingerprint density at radius 3 is 2.33 bits per heavy atom. The van der Waals surface area contributed by atoms with Crippen molar-refractivity contribution in [1.82, 2.24) is 15.0 Å². The van der Waals surface area contributed by atoms with E-state index in [1.165, 1.54) is 12.8 Å². The molecule has 1 aromatic rings. The predicted molar refractivity (Wildman–Crippen MR) is 82.9 cm³/mol. The lowest BCUT2D eigenvalue weighted by Crippen LogP contribution is -2.31. The lowest BCUT2D eigenvalue weighted by atomic mass is 10.1. The zero-order valence-electron chi connectivity index (χ0n) is 12.8. The number of aromatic nitrogens is 3. The zero-order chi connectivity index (χ0) is 14.9. The van der Waals surface area contributed by atoms with Crippen LogP contribution >= 0.6 is 0 Å². The molecule has 2 saturated heterocycles. The summed E-state index contributed by atoms with van der Waals surface area (Å²) in [5.74, 6) is 2.04. The van der Waals surface area contributed by atoms with Crippen molar-refractivity contribution >= 4 is 17.8 Å². The summed E-state index contributed by atoms with van der Waals surface area (Å²) in [5.41, 5.74) is -0.654. The van der Waals surface area contributed by atoms with Crippen molar-refractivity contribution in [1.29, 1.82) is 0 Å². The highest BCUT2D eigenvalue weighted by Crippen LogP contribution is 2.26. The SMILES string of the molecule is CCNc1nc(N2CCCC2)nc(N2CCC(C)(O)C2)n1. The van der Waals surface area contributed by atoms with Crippen LogP contribution in [0.5, 0.6) is 0 Å². The second-order valence-electron chi connectivity index (χ2n) is 6.15. The van der Waals surface area contributed by atoms with Crippen molar-refractivity contribution in [3.8, 4) is 0 Å². The highest BCUT2D eigenvalue weighted by Gasteiger charge is 2.33. The standard InChI is InChI=1S/C14H24N6O/c1-3-15-11-16-12(19-7-4-5-8-19)18-13(17-11)20-9-6-14(2,21)10-20/h21H,3-10H2,1-2H3,(H,15,16,17,18). The fourth-order valence-electron chi connectivity index (χ4n) is 2.91. The quantitative estimate of drug-likeness (QED) is 0.852. The molecule has 1 aromatic heterocycles. The van der Waals surface area contributed by atoms with Crippen LogP contribution in [-0.4, -0.2) is 58.4 Å². The van der Waals surface area contributed by atoms with E-state index < -0.39 is 5.60 Å². The van der Waals surface area contributed by atoms with Crippen LogP contribution in [0.4, 0.5) is 17.8 Å². The maximum atomic E-state index is 10.1. The fourth-order valence-corrected chi connectivity index (χ4v) is 2.91. The molecule has 2 N–H and O–H groups in total. The summed E-state index contributed by atoms with van der Waals surface area (Å²) in [7, 11) is 0. The molecule has 0 aromatic carbocycles. The minimum absolute atomic E-state index is 0.571. The highest BCUT2D eigenvalue weighted by molar-refractivity contribution is 5.46. The van der Waals surface area contributed by atoms with Gasteiger partial charge in [0.05, 0.1) is 5.60 Å². The van der Waals surface area contributed by atoms with Crippen molar-refractivity contribution in [3.63, 3.8) is 0 Å². The van der Waals surface area contributed by atoms with Crippen molar-refractivity contribution in [2.75, 3.05) is 47.8 Å². The van der Waals surface area contributed by atoms with Gasteiger partial charge in [-0.25, -0.2) is 0 Å². The zero-order valence-corrected chi connectivity index (χ0v) is 12.8. The monoisotopic (exact) mass is 292 g/mol. The van der Waals surface area contributed by atoms with Gasteiger partial charge in [0.1, 0.15) is 0 Å². The van der Waals surface area contributed by atoms with Crippen LogP contribution in [0.15, 0.2) is 0 Å². The Balaban J connectivity index is 1.88. The van der Waals surface area contributed by atoms with Crippen LogP contribution in [0.25, 0.3) is 0 Å². The van der Waals surface area contributed by atoms with E-state index in [9.17, 15) is 5.11 Å². The minimum atomic E-state index is -0.654. The number of nitrogens with zero attached hydrogens (tertiary/aromatic N) is 5. The van der Waals surface area contributed by atoms with Crippen molar-refractivity contribution in [2.45, 2.75) is 38.7 Å². The molecule has 21 heavy (non-hydrogen) atoms. The molecule has 3 rings (SSSR count). The Morgan fingerprint density at radius 2 is 1.76 bits per heavy atom. The Labute approximate surface area is 125 Å². The maximum absolute atomic E-state index is 10.1. The molecule has 1 unspecified atom stereocenters. The molecule has 1 atom stereocenters. The summed E-state index contributed by atoms with van der Waals surface area (Å²) in [4.78, 5) is 17.9. The third-order valence-corrected chi connectivity index (χ3v) is 4.07. The second-order valence-corrected chi connectivity index (χ2v) is 6.15. The molecule has 0 radical (unpaired) electrons. The van der Waals surface area contributed by atoms with Crippen LogP contribution in [0.3, 0.4) is 0 Å². The van der Waals surface area contributed by atoms with E-state index >= 15 is 0 Å². The van der Waals surface area contributed by atoms with Crippen LogP contribution < -0.4 is 15.1 Å². The van der Waals surface area contributed by atoms with Gasteiger partial charge in [-0.2, -0.15) is 15.0 Å². The number of rotatable bonds is 4. The van der Waals surface area contributed by atoms with Gasteiger partial charge in [-0.3, -0.25) is 0 Å². The molecule has 2 aliphatic rings. The highest BCUT2D eigenvalue weighted by atomic mass is 16.3. The first-order chi connectivity index (χ1) is 10.1. The fraction of sp³-hybridized carbons (Fsp3) is 0.786. The van der Waals surface area contributed by atoms with Crippen LogP contribution in [-0.2, 0) is 0 Å². The first-order valence-electron chi connectivity index (χ1n) is 7.80. The first-order valence-corrected chi connectivity index (χ1v) is 7.80. The molecule has 0 aliphatic carbocycles. The molecule has 116 valence electrons. The van der Waals surface area contributed by atoms with Gasteiger partial charge < -0.3 is 20.2 Å². The van der Waals surface area contributed by atoms with Crippen molar-refractivity contribution < 1.29 is 5.11 Å². The van der Waals surface area contributed by atoms with Gasteiger partial charge in [-0.05, 0) is 33.1 Å². The van der Waals surface area contributed by atoms with Gasteiger partial charge in [-0.1, -0.05) is 0 Å². The van der Waals surface area contributed by atoms with Crippen molar-refractivity contribution in [3.05, 3.63) is 0 Å². The molecule has 0 saturated carbocycles. The molecule has 0 amide bonds. The predicted octanol–water partition coefficient (Wildman–Crippen LogP) is 0.865. The summed E-state index contributed by atoms with van der Waals surface area (Å²) in [6, 6.07) is 0. The van der Waals surface area contributed by atoms with E-state index in [2.05, 4.69) is 25.2 Å². The van der Waals surface area contributed by atoms with Gasteiger partial charge in [0, 0.05) is 32.7 Å². The van der Waals surface area contributed by atoms with Crippen LogP contribution in [0.1, 0.15) is 33.1 Å². The van der Waals surface area contributed by atoms with Crippen LogP contribution in [0.2, 0.25) is 0 Å². The van der Waals surface area contributed by atoms with Gasteiger partial charge >= 0.3 is 0 Å². The smallest absolute Gasteiger partial charge is 0.232 e. The minimum Gasteiger partial charge on any atom is -0.388 e. The molecule has 0 spiro atoms. The van der Waals surface area contributed by atoms with E-state index in [-0.39, 0.29) is 0 Å². The Morgan fingerprint density at radius 1 is 1.10 bits per heavy atom. The van der Waals surface area contributed by atoms with Crippen LogP contribution in [0, 0.1) is 0 Å². The maximum Gasteiger partial charge on any atom is 0.232 e. The molecule has 7 heteroatoms. The summed E-state index contributed by atoms with van der Waals surface area (Å²) < 4.78 is 0. The van der Waals surface area contributed by atoms with Gasteiger partial charge in [-0.15, -0.1) is 0 Å². The molecular formula is C14H24N6O. The van der Waals surface area contributed by atoms with Gasteiger partial charge in [0.2, 0.25) is 17.8 Å². The van der Waals surface area contributed by atoms with E-state index in [1.807, 2.05) is 18.7 Å². The topological polar surface area (TPSA) is 77.4 Å². The first kappa shape index (κ1) is 14.3. The summed E-state index contributed by atoms with van der Waals surface area (Å²) in [5, 5.41) is 13.3. The van der Waals surface area contributed by atoms with E-state index in [0.717, 1.165) is 38.5 Å². The molecular weight excluding hydrogens is 268 g/mol. The van der Waals surface area contributed by atoms with Gasteiger partial charge in [0.25, 0.3) is 0 Å². The Kier molecular flexibility index (Phi) is 3.84. The molecule has 2 aliphatic heterocycles. The van der Waals surface area contributed by atoms with Crippen molar-refractivity contribution in [2.24, 2.45) is 0 Å². The average Bonchev–Trinajstić information content (AvgIpc) is 3.08. The number of hydrogen-bond donors (Lipinski definition) is 2. The molecule has 0 bridgehead atoms. The largest absolute Gasteiger partial charge is 0.388 e. The van der Waals surface area contributed by atoms with E-state index in [0.29, 0.717) is 18.4 Å². The number of nitrogens with one attached hydrogen (secondary N) is 1. The number of aliphatic hydroxyl groups is 1. The molecule has 7 nitrogen and oxygen atoms in total. The lowest BCUT2D eigenvalue weighted by Gasteiger charge is -2.22. The normalized spacial score (nSPS) is 25.7. The Hall–Kier alpha value is -1.63. The van der Waals surface area contributed by atoms with E-state index in [1.54, 1.807) is 0 Å².